The lowest BCUT2D eigenvalue weighted by molar-refractivity contribution is 1.05. The van der Waals surface area contributed by atoms with Crippen LogP contribution in [0.5, 0.6) is 0 Å². The van der Waals surface area contributed by atoms with Crippen molar-refractivity contribution in [3.63, 3.8) is 0 Å². The van der Waals surface area contributed by atoms with Crippen molar-refractivity contribution in [1.29, 1.82) is 0 Å². The number of nitrogens with zero attached hydrogens (tertiary/aromatic N) is 1. The van der Waals surface area contributed by atoms with Crippen LogP contribution in [0.3, 0.4) is 0 Å². The largest absolute Gasteiger partial charge is 0.366 e. The zero-order valence-corrected chi connectivity index (χ0v) is 11.8. The maximum absolute atomic E-state index is 5.89. The normalized spacial score (nSPS) is 10.4. The van der Waals surface area contributed by atoms with E-state index in [9.17, 15) is 0 Å². The van der Waals surface area contributed by atoms with Crippen LogP contribution in [0, 0.1) is 18.6 Å². The molecule has 0 radical (unpaired) electrons. The molecule has 0 unspecified atom stereocenters. The lowest BCUT2D eigenvalue weighted by Gasteiger charge is -2.10. The zero-order valence-electron chi connectivity index (χ0n) is 10.2. The first kappa shape index (κ1) is 13.1. The van der Waals surface area contributed by atoms with E-state index in [2.05, 4.69) is 47.3 Å². The highest BCUT2D eigenvalue weighted by Crippen LogP contribution is 2.15. The minimum atomic E-state index is 0.381. The molecule has 1 heterocycles. The molecule has 2 rings (SSSR count). The molecule has 0 spiro atoms. The standard InChI is InChI=1S/C13H14ClN3S/c1-8-4-3-5-10(9(8)2)7-15-12-6-11(14)16-13(18)17-12/h3-6H,7H2,1-2H3,(H2,15,16,17,18). The Kier molecular flexibility index (Phi) is 3.99. The number of anilines is 1. The van der Waals surface area contributed by atoms with E-state index in [1.807, 2.05) is 0 Å². The summed E-state index contributed by atoms with van der Waals surface area (Å²) in [6.07, 6.45) is 0. The molecule has 0 aliphatic rings. The van der Waals surface area contributed by atoms with Crippen LogP contribution in [0.4, 0.5) is 5.82 Å². The van der Waals surface area contributed by atoms with E-state index in [4.69, 9.17) is 23.8 Å². The van der Waals surface area contributed by atoms with Crippen LogP contribution < -0.4 is 5.32 Å². The highest BCUT2D eigenvalue weighted by atomic mass is 35.5. The molecule has 0 saturated heterocycles. The second kappa shape index (κ2) is 5.50. The predicted molar refractivity (Wildman–Crippen MR) is 77.7 cm³/mol. The van der Waals surface area contributed by atoms with E-state index in [-0.39, 0.29) is 0 Å². The summed E-state index contributed by atoms with van der Waals surface area (Å²) in [5.74, 6) is 0.685. The van der Waals surface area contributed by atoms with Crippen molar-refractivity contribution in [2.75, 3.05) is 5.32 Å². The van der Waals surface area contributed by atoms with E-state index < -0.39 is 0 Å². The molecule has 0 bridgehead atoms. The molecule has 1 aromatic heterocycles. The molecule has 0 aliphatic carbocycles. The van der Waals surface area contributed by atoms with Gasteiger partial charge in [0.1, 0.15) is 11.0 Å². The first-order chi connectivity index (χ1) is 8.56. The number of aromatic nitrogens is 2. The summed E-state index contributed by atoms with van der Waals surface area (Å²) in [5.41, 5.74) is 3.81. The van der Waals surface area contributed by atoms with Gasteiger partial charge in [-0.05, 0) is 42.8 Å². The number of H-pyrrole nitrogens is 1. The van der Waals surface area contributed by atoms with Gasteiger partial charge in [0.15, 0.2) is 4.77 Å². The van der Waals surface area contributed by atoms with Crippen LogP contribution >= 0.6 is 23.8 Å². The van der Waals surface area contributed by atoms with Crippen LogP contribution in [-0.4, -0.2) is 9.97 Å². The zero-order chi connectivity index (χ0) is 13.1. The third-order valence-corrected chi connectivity index (χ3v) is 3.29. The fourth-order valence-electron chi connectivity index (χ4n) is 1.71. The summed E-state index contributed by atoms with van der Waals surface area (Å²) in [6, 6.07) is 7.98. The molecule has 3 nitrogen and oxygen atoms in total. The summed E-state index contributed by atoms with van der Waals surface area (Å²) < 4.78 is 0.381. The molecule has 2 aromatic rings. The number of rotatable bonds is 3. The van der Waals surface area contributed by atoms with Gasteiger partial charge in [0.05, 0.1) is 0 Å². The third-order valence-electron chi connectivity index (χ3n) is 2.89. The summed E-state index contributed by atoms with van der Waals surface area (Å²) in [7, 11) is 0. The molecule has 18 heavy (non-hydrogen) atoms. The molecule has 0 atom stereocenters. The van der Waals surface area contributed by atoms with E-state index in [0.717, 1.165) is 0 Å². The molecule has 0 fully saturated rings. The van der Waals surface area contributed by atoms with Crippen LogP contribution in [-0.2, 0) is 6.54 Å². The van der Waals surface area contributed by atoms with Crippen LogP contribution in [0.2, 0.25) is 5.15 Å². The second-order valence-electron chi connectivity index (χ2n) is 4.13. The Labute approximate surface area is 116 Å². The molecule has 94 valence electrons. The van der Waals surface area contributed by atoms with Gasteiger partial charge in [-0.3, -0.25) is 0 Å². The van der Waals surface area contributed by atoms with Crippen LogP contribution in [0.15, 0.2) is 24.3 Å². The number of hydrogen-bond acceptors (Lipinski definition) is 3. The molecule has 2 N–H and O–H groups in total. The second-order valence-corrected chi connectivity index (χ2v) is 4.93. The van der Waals surface area contributed by atoms with E-state index >= 15 is 0 Å². The number of nitrogens with one attached hydrogen (secondary N) is 2. The maximum atomic E-state index is 5.89. The van der Waals surface area contributed by atoms with Crippen LogP contribution in [0.25, 0.3) is 0 Å². The number of benzene rings is 1. The van der Waals surface area contributed by atoms with Gasteiger partial charge < -0.3 is 10.3 Å². The summed E-state index contributed by atoms with van der Waals surface area (Å²) in [4.78, 5) is 6.92. The van der Waals surface area contributed by atoms with Gasteiger partial charge in [0.2, 0.25) is 0 Å². The first-order valence-electron chi connectivity index (χ1n) is 5.62. The first-order valence-corrected chi connectivity index (χ1v) is 6.41. The molecule has 0 aliphatic heterocycles. The predicted octanol–water partition coefficient (Wildman–Crippen LogP) is 4.02. The fraction of sp³-hybridized carbons (Fsp3) is 0.231. The quantitative estimate of drug-likeness (QED) is 0.658. The van der Waals surface area contributed by atoms with Gasteiger partial charge in [-0.15, -0.1) is 0 Å². The maximum Gasteiger partial charge on any atom is 0.199 e. The van der Waals surface area contributed by atoms with Crippen molar-refractivity contribution in [2.24, 2.45) is 0 Å². The van der Waals surface area contributed by atoms with Crippen molar-refractivity contribution >= 4 is 29.6 Å². The number of aromatic amines is 1. The highest BCUT2D eigenvalue weighted by molar-refractivity contribution is 7.71. The Morgan fingerprint density at radius 1 is 1.39 bits per heavy atom. The van der Waals surface area contributed by atoms with Gasteiger partial charge >= 0.3 is 0 Å². The number of halogens is 1. The SMILES string of the molecule is Cc1cccc(CNc2cc(Cl)[nH]c(=S)n2)c1C. The smallest absolute Gasteiger partial charge is 0.199 e. The lowest BCUT2D eigenvalue weighted by Crippen LogP contribution is -2.04. The Morgan fingerprint density at radius 2 is 2.17 bits per heavy atom. The van der Waals surface area contributed by atoms with Gasteiger partial charge in [0.25, 0.3) is 0 Å². The molecule has 0 amide bonds. The average molecular weight is 280 g/mol. The molecule has 1 aromatic carbocycles. The Morgan fingerprint density at radius 3 is 2.89 bits per heavy atom. The minimum absolute atomic E-state index is 0.381. The molecule has 5 heteroatoms. The van der Waals surface area contributed by atoms with Gasteiger partial charge in [-0.25, -0.2) is 4.98 Å². The van der Waals surface area contributed by atoms with Crippen molar-refractivity contribution in [2.45, 2.75) is 20.4 Å². The van der Waals surface area contributed by atoms with E-state index in [1.54, 1.807) is 6.07 Å². The topological polar surface area (TPSA) is 40.7 Å². The highest BCUT2D eigenvalue weighted by Gasteiger charge is 2.02. The van der Waals surface area contributed by atoms with Crippen molar-refractivity contribution in [1.82, 2.24) is 9.97 Å². The Hall–Kier alpha value is -1.39. The molecule has 0 saturated carbocycles. The van der Waals surface area contributed by atoms with Gasteiger partial charge in [-0.1, -0.05) is 29.8 Å². The van der Waals surface area contributed by atoms with Crippen LogP contribution in [0.1, 0.15) is 16.7 Å². The average Bonchev–Trinajstić information content (AvgIpc) is 2.30. The van der Waals surface area contributed by atoms with Gasteiger partial charge in [-0.2, -0.15) is 0 Å². The summed E-state index contributed by atoms with van der Waals surface area (Å²) in [6.45, 7) is 4.92. The molecular weight excluding hydrogens is 266 g/mol. The number of hydrogen-bond donors (Lipinski definition) is 2. The number of aryl methyl sites for hydroxylation is 1. The third kappa shape index (κ3) is 3.09. The molecular formula is C13H14ClN3S. The minimum Gasteiger partial charge on any atom is -0.366 e. The lowest BCUT2D eigenvalue weighted by atomic mass is 10.0. The van der Waals surface area contributed by atoms with E-state index in [0.29, 0.717) is 22.3 Å². The van der Waals surface area contributed by atoms with E-state index in [1.165, 1.54) is 16.7 Å². The van der Waals surface area contributed by atoms with Gasteiger partial charge in [0, 0.05) is 12.6 Å². The summed E-state index contributed by atoms with van der Waals surface area (Å²) in [5, 5.41) is 3.71. The Bertz CT molecular complexity index is 622. The van der Waals surface area contributed by atoms with Crippen molar-refractivity contribution in [3.05, 3.63) is 50.9 Å². The monoisotopic (exact) mass is 279 g/mol. The van der Waals surface area contributed by atoms with Crippen molar-refractivity contribution < 1.29 is 0 Å². The Balaban J connectivity index is 2.16. The summed E-state index contributed by atoms with van der Waals surface area (Å²) >= 11 is 10.9. The van der Waals surface area contributed by atoms with Crippen molar-refractivity contribution in [3.8, 4) is 0 Å². The fourth-order valence-corrected chi connectivity index (χ4v) is 2.16.